The fraction of sp³-hybridized carbons (Fsp3) is 0.391. The summed E-state index contributed by atoms with van der Waals surface area (Å²) in [5.41, 5.74) is 2.59. The molecule has 2 amide bonds. The van der Waals surface area contributed by atoms with Gasteiger partial charge in [-0.3, -0.25) is 9.59 Å². The monoisotopic (exact) mass is 398 g/mol. The highest BCUT2D eigenvalue weighted by molar-refractivity contribution is 6.33. The van der Waals surface area contributed by atoms with Crippen molar-refractivity contribution < 1.29 is 9.59 Å². The number of nitrogens with zero attached hydrogens (tertiary/aromatic N) is 1. The average Bonchev–Trinajstić information content (AvgIpc) is 2.73. The number of carbonyl (C=O) groups excluding carboxylic acids is 2. The molecule has 0 spiro atoms. The van der Waals surface area contributed by atoms with Gasteiger partial charge in [0, 0.05) is 24.7 Å². The first-order valence-electron chi connectivity index (χ1n) is 9.94. The third-order valence-electron chi connectivity index (χ3n) is 5.62. The quantitative estimate of drug-likeness (QED) is 0.738. The molecule has 148 valence electrons. The van der Waals surface area contributed by atoms with Crippen LogP contribution in [-0.2, 0) is 4.79 Å². The highest BCUT2D eigenvalue weighted by Gasteiger charge is 2.29. The number of likely N-dealkylation sites (tertiary alicyclic amines) is 1. The van der Waals surface area contributed by atoms with Crippen LogP contribution >= 0.6 is 11.6 Å². The zero-order chi connectivity index (χ0) is 20.1. The van der Waals surface area contributed by atoms with Crippen LogP contribution in [0.25, 0.3) is 0 Å². The molecule has 0 radical (unpaired) electrons. The van der Waals surface area contributed by atoms with Gasteiger partial charge in [-0.15, -0.1) is 0 Å². The molecular weight excluding hydrogens is 372 g/mol. The number of hydrogen-bond acceptors (Lipinski definition) is 2. The Morgan fingerprint density at radius 2 is 1.75 bits per heavy atom. The summed E-state index contributed by atoms with van der Waals surface area (Å²) in [5.74, 6) is 0.291. The minimum atomic E-state index is -0.0831. The van der Waals surface area contributed by atoms with E-state index in [1.807, 2.05) is 30.3 Å². The maximum absolute atomic E-state index is 12.8. The second-order valence-corrected chi connectivity index (χ2v) is 7.84. The van der Waals surface area contributed by atoms with Crippen LogP contribution in [-0.4, -0.2) is 29.8 Å². The highest BCUT2D eigenvalue weighted by Crippen LogP contribution is 2.28. The first-order valence-corrected chi connectivity index (χ1v) is 10.3. The molecule has 5 heteroatoms. The molecule has 2 aromatic rings. The van der Waals surface area contributed by atoms with Crippen molar-refractivity contribution in [3.8, 4) is 0 Å². The largest absolute Gasteiger partial charge is 0.339 e. The Morgan fingerprint density at radius 3 is 2.43 bits per heavy atom. The number of benzene rings is 2. The summed E-state index contributed by atoms with van der Waals surface area (Å²) in [6, 6.07) is 15.1. The van der Waals surface area contributed by atoms with E-state index < -0.39 is 0 Å². The van der Waals surface area contributed by atoms with Crippen LogP contribution in [0.4, 0.5) is 5.69 Å². The van der Waals surface area contributed by atoms with Crippen molar-refractivity contribution >= 4 is 29.1 Å². The van der Waals surface area contributed by atoms with Crippen LogP contribution in [0.2, 0.25) is 5.02 Å². The molecule has 1 aliphatic heterocycles. The van der Waals surface area contributed by atoms with Crippen LogP contribution in [0.3, 0.4) is 0 Å². The second-order valence-electron chi connectivity index (χ2n) is 7.43. The summed E-state index contributed by atoms with van der Waals surface area (Å²) in [5, 5.41) is 3.58. The van der Waals surface area contributed by atoms with Gasteiger partial charge in [-0.1, -0.05) is 55.8 Å². The van der Waals surface area contributed by atoms with Crippen molar-refractivity contribution in [2.75, 3.05) is 18.4 Å². The minimum absolute atomic E-state index is 0.0422. The Kier molecular flexibility index (Phi) is 6.74. The molecule has 1 aliphatic rings. The second kappa shape index (κ2) is 9.24. The van der Waals surface area contributed by atoms with Gasteiger partial charge >= 0.3 is 0 Å². The number of rotatable bonds is 5. The van der Waals surface area contributed by atoms with Crippen LogP contribution in [0.1, 0.15) is 54.9 Å². The summed E-state index contributed by atoms with van der Waals surface area (Å²) in [7, 11) is 0. The van der Waals surface area contributed by atoms with E-state index in [2.05, 4.69) is 25.2 Å². The maximum Gasteiger partial charge on any atom is 0.255 e. The Hall–Kier alpha value is -2.33. The molecule has 4 nitrogen and oxygen atoms in total. The zero-order valence-corrected chi connectivity index (χ0v) is 17.2. The number of nitrogens with one attached hydrogen (secondary N) is 1. The molecule has 3 rings (SSSR count). The smallest absolute Gasteiger partial charge is 0.255 e. The first-order chi connectivity index (χ1) is 13.5. The normalized spacial score (nSPS) is 15.9. The standard InChI is InChI=1S/C23H27ClN2O2/c1-3-16(2)18-8-5-7-11-21(18)25-22(27)17-12-14-26(15-13-17)23(28)19-9-4-6-10-20(19)24/h4-11,16-17H,3,12-15H2,1-2H3,(H,25,27). The van der Waals surface area contributed by atoms with Crippen molar-refractivity contribution in [1.29, 1.82) is 0 Å². The summed E-state index contributed by atoms with van der Waals surface area (Å²) < 4.78 is 0. The molecule has 1 unspecified atom stereocenters. The van der Waals surface area contributed by atoms with Crippen molar-refractivity contribution in [3.63, 3.8) is 0 Å². The van der Waals surface area contributed by atoms with Gasteiger partial charge in [-0.2, -0.15) is 0 Å². The van der Waals surface area contributed by atoms with E-state index >= 15 is 0 Å². The molecule has 0 bridgehead atoms. The summed E-state index contributed by atoms with van der Waals surface area (Å²) >= 11 is 6.15. The van der Waals surface area contributed by atoms with Gasteiger partial charge in [0.15, 0.2) is 0 Å². The lowest BCUT2D eigenvalue weighted by molar-refractivity contribution is -0.121. The molecule has 0 saturated carbocycles. The van der Waals surface area contributed by atoms with E-state index in [1.54, 1.807) is 17.0 Å². The molecule has 0 aliphatic carbocycles. The van der Waals surface area contributed by atoms with Crippen LogP contribution in [0.15, 0.2) is 48.5 Å². The lowest BCUT2D eigenvalue weighted by Crippen LogP contribution is -2.41. The van der Waals surface area contributed by atoms with Gasteiger partial charge in [-0.25, -0.2) is 0 Å². The molecule has 1 atom stereocenters. The number of anilines is 1. The summed E-state index contributed by atoms with van der Waals surface area (Å²) in [6.07, 6.45) is 2.34. The molecule has 1 N–H and O–H groups in total. The van der Waals surface area contributed by atoms with E-state index in [4.69, 9.17) is 11.6 Å². The van der Waals surface area contributed by atoms with Gasteiger partial charge < -0.3 is 10.2 Å². The fourth-order valence-corrected chi connectivity index (χ4v) is 3.86. The lowest BCUT2D eigenvalue weighted by Gasteiger charge is -2.31. The van der Waals surface area contributed by atoms with Crippen LogP contribution in [0, 0.1) is 5.92 Å². The Bertz CT molecular complexity index is 844. The number of carbonyl (C=O) groups is 2. The third-order valence-corrected chi connectivity index (χ3v) is 5.95. The van der Waals surface area contributed by atoms with Gasteiger partial charge in [0.05, 0.1) is 10.6 Å². The fourth-order valence-electron chi connectivity index (χ4n) is 3.65. The van der Waals surface area contributed by atoms with E-state index in [0.717, 1.165) is 12.1 Å². The van der Waals surface area contributed by atoms with Crippen molar-refractivity contribution in [2.24, 2.45) is 5.92 Å². The Labute approximate surface area is 171 Å². The van der Waals surface area contributed by atoms with E-state index in [-0.39, 0.29) is 17.7 Å². The summed E-state index contributed by atoms with van der Waals surface area (Å²) in [6.45, 7) is 5.45. The maximum atomic E-state index is 12.8. The van der Waals surface area contributed by atoms with Crippen molar-refractivity contribution in [1.82, 2.24) is 4.90 Å². The van der Waals surface area contributed by atoms with E-state index in [9.17, 15) is 9.59 Å². The van der Waals surface area contributed by atoms with Crippen molar-refractivity contribution in [2.45, 2.75) is 39.0 Å². The molecule has 1 saturated heterocycles. The molecular formula is C23H27ClN2O2. The predicted octanol–water partition coefficient (Wildman–Crippen LogP) is 5.34. The molecule has 0 aromatic heterocycles. The molecule has 1 heterocycles. The van der Waals surface area contributed by atoms with Crippen LogP contribution < -0.4 is 5.32 Å². The molecule has 28 heavy (non-hydrogen) atoms. The van der Waals surface area contributed by atoms with Gasteiger partial charge in [0.1, 0.15) is 0 Å². The zero-order valence-electron chi connectivity index (χ0n) is 16.5. The number of hydrogen-bond donors (Lipinski definition) is 1. The van der Waals surface area contributed by atoms with Gasteiger partial charge in [-0.05, 0) is 48.9 Å². The SMILES string of the molecule is CCC(C)c1ccccc1NC(=O)C1CCN(C(=O)c2ccccc2Cl)CC1. The minimum Gasteiger partial charge on any atom is -0.339 e. The Morgan fingerprint density at radius 1 is 1.11 bits per heavy atom. The Balaban J connectivity index is 1.60. The first kappa shape index (κ1) is 20.4. The number of amides is 2. The molecule has 2 aromatic carbocycles. The number of halogens is 1. The lowest BCUT2D eigenvalue weighted by atomic mass is 9.93. The summed E-state index contributed by atoms with van der Waals surface area (Å²) in [4.78, 5) is 27.3. The molecule has 1 fully saturated rings. The van der Waals surface area contributed by atoms with E-state index in [1.165, 1.54) is 5.56 Å². The average molecular weight is 399 g/mol. The topological polar surface area (TPSA) is 49.4 Å². The number of para-hydroxylation sites is 1. The van der Waals surface area contributed by atoms with Crippen molar-refractivity contribution in [3.05, 3.63) is 64.7 Å². The highest BCUT2D eigenvalue weighted by atomic mass is 35.5. The van der Waals surface area contributed by atoms with Gasteiger partial charge in [0.25, 0.3) is 5.91 Å². The number of piperidine rings is 1. The van der Waals surface area contributed by atoms with E-state index in [0.29, 0.717) is 42.4 Å². The van der Waals surface area contributed by atoms with Gasteiger partial charge in [0.2, 0.25) is 5.91 Å². The predicted molar refractivity (Wildman–Crippen MR) is 114 cm³/mol. The van der Waals surface area contributed by atoms with Crippen LogP contribution in [0.5, 0.6) is 0 Å². The third kappa shape index (κ3) is 4.56.